The van der Waals surface area contributed by atoms with Gasteiger partial charge in [0.15, 0.2) is 11.6 Å². The molecular formula is C32H31F3N6O4. The number of halogens is 3. The molecule has 0 saturated carbocycles. The maximum Gasteiger partial charge on any atom is 0.351 e. The topological polar surface area (TPSA) is 94.2 Å². The molecule has 0 aliphatic carbocycles. The SMILES string of the molecule is C=C(NOC)Nc1ccc(-c2cn3c(c2CN(C)C)c(=O)n(-c2cccc(OC)c2F)c(=O)n3Cc2c(F)cccc2F)cc1. The summed E-state index contributed by atoms with van der Waals surface area (Å²) in [6, 6.07) is 14.6. The van der Waals surface area contributed by atoms with Crippen LogP contribution in [-0.4, -0.2) is 47.0 Å². The first-order valence-corrected chi connectivity index (χ1v) is 13.7. The Morgan fingerprint density at radius 3 is 2.22 bits per heavy atom. The first-order chi connectivity index (χ1) is 21.5. The predicted octanol–water partition coefficient (Wildman–Crippen LogP) is 4.49. The van der Waals surface area contributed by atoms with Crippen molar-refractivity contribution in [3.05, 3.63) is 129 Å². The number of benzene rings is 3. The summed E-state index contributed by atoms with van der Waals surface area (Å²) in [5, 5.41) is 3.04. The van der Waals surface area contributed by atoms with Crippen molar-refractivity contribution >= 4 is 11.2 Å². The molecule has 0 amide bonds. The highest BCUT2D eigenvalue weighted by atomic mass is 19.1. The van der Waals surface area contributed by atoms with E-state index in [4.69, 9.17) is 9.57 Å². The van der Waals surface area contributed by atoms with Gasteiger partial charge in [0.25, 0.3) is 5.56 Å². The lowest BCUT2D eigenvalue weighted by Crippen LogP contribution is -2.43. The minimum absolute atomic E-state index is 0.0251. The summed E-state index contributed by atoms with van der Waals surface area (Å²) in [6.45, 7) is 3.46. The van der Waals surface area contributed by atoms with Crippen molar-refractivity contribution in [2.24, 2.45) is 0 Å². The molecule has 0 aliphatic heterocycles. The number of rotatable bonds is 11. The van der Waals surface area contributed by atoms with Crippen molar-refractivity contribution in [3.63, 3.8) is 0 Å². The molecule has 0 unspecified atom stereocenters. The van der Waals surface area contributed by atoms with Gasteiger partial charge in [0.1, 0.15) is 23.0 Å². The van der Waals surface area contributed by atoms with Crippen molar-refractivity contribution in [3.8, 4) is 22.6 Å². The standard InChI is InChI=1S/C32H31F3N6O4/c1-19(37-45-5)36-21-14-12-20(13-15-21)22-17-39-30(23(22)16-38(2)3)31(42)41(27-10-7-11-28(44-4)29(27)35)32(43)40(39)18-24-25(33)8-6-9-26(24)34/h6-15,17,36-37H,1,16,18H2,2-5H3. The van der Waals surface area contributed by atoms with E-state index in [1.807, 2.05) is 4.90 Å². The summed E-state index contributed by atoms with van der Waals surface area (Å²) in [6.07, 6.45) is 1.57. The minimum atomic E-state index is -1.01. The highest BCUT2D eigenvalue weighted by molar-refractivity contribution is 5.77. The van der Waals surface area contributed by atoms with Crippen molar-refractivity contribution in [2.45, 2.75) is 13.1 Å². The molecule has 0 saturated heterocycles. The molecule has 0 radical (unpaired) electrons. The van der Waals surface area contributed by atoms with Crippen LogP contribution < -0.4 is 26.8 Å². The zero-order valence-electron chi connectivity index (χ0n) is 25.0. The van der Waals surface area contributed by atoms with Gasteiger partial charge < -0.3 is 15.0 Å². The van der Waals surface area contributed by atoms with Gasteiger partial charge in [0, 0.05) is 35.1 Å². The summed E-state index contributed by atoms with van der Waals surface area (Å²) >= 11 is 0. The Balaban J connectivity index is 1.83. The Morgan fingerprint density at radius 2 is 1.60 bits per heavy atom. The highest BCUT2D eigenvalue weighted by Crippen LogP contribution is 2.30. The molecule has 0 spiro atoms. The van der Waals surface area contributed by atoms with Crippen molar-refractivity contribution < 1.29 is 22.7 Å². The Hall–Kier alpha value is -5.27. The van der Waals surface area contributed by atoms with E-state index in [1.54, 1.807) is 44.6 Å². The zero-order valence-corrected chi connectivity index (χ0v) is 25.0. The van der Waals surface area contributed by atoms with Crippen LogP contribution in [0, 0.1) is 17.5 Å². The van der Waals surface area contributed by atoms with Crippen LogP contribution in [-0.2, 0) is 17.9 Å². The van der Waals surface area contributed by atoms with E-state index in [0.29, 0.717) is 32.8 Å². The van der Waals surface area contributed by atoms with Crippen LogP contribution in [0.3, 0.4) is 0 Å². The van der Waals surface area contributed by atoms with Crippen molar-refractivity contribution in [1.82, 2.24) is 24.1 Å². The zero-order chi connectivity index (χ0) is 32.4. The number of anilines is 1. The fourth-order valence-electron chi connectivity index (χ4n) is 5.15. The largest absolute Gasteiger partial charge is 0.494 e. The summed E-state index contributed by atoms with van der Waals surface area (Å²) in [7, 11) is 6.32. The van der Waals surface area contributed by atoms with Gasteiger partial charge in [-0.05, 0) is 56.1 Å². The Morgan fingerprint density at radius 1 is 0.933 bits per heavy atom. The summed E-state index contributed by atoms with van der Waals surface area (Å²) < 4.78 is 53.4. The first kappa shape index (κ1) is 31.2. The van der Waals surface area contributed by atoms with Gasteiger partial charge in [-0.2, -0.15) is 0 Å². The number of nitrogens with zero attached hydrogens (tertiary/aromatic N) is 4. The molecule has 5 rings (SSSR count). The van der Waals surface area contributed by atoms with Crippen LogP contribution in [0.2, 0.25) is 0 Å². The van der Waals surface area contributed by atoms with Crippen LogP contribution in [0.4, 0.5) is 18.9 Å². The van der Waals surface area contributed by atoms with E-state index in [2.05, 4.69) is 17.4 Å². The fourth-order valence-corrected chi connectivity index (χ4v) is 5.15. The quantitative estimate of drug-likeness (QED) is 0.210. The molecule has 0 fully saturated rings. The number of ether oxygens (including phenoxy) is 1. The van der Waals surface area contributed by atoms with Gasteiger partial charge in [0.05, 0.1) is 26.5 Å². The molecule has 0 aliphatic rings. The second kappa shape index (κ2) is 12.8. The molecule has 0 bridgehead atoms. The second-order valence-corrected chi connectivity index (χ2v) is 10.4. The molecule has 10 nitrogen and oxygen atoms in total. The predicted molar refractivity (Wildman–Crippen MR) is 165 cm³/mol. The van der Waals surface area contributed by atoms with Crippen molar-refractivity contribution in [2.75, 3.05) is 33.6 Å². The normalized spacial score (nSPS) is 11.3. The Labute approximate surface area is 256 Å². The molecule has 45 heavy (non-hydrogen) atoms. The summed E-state index contributed by atoms with van der Waals surface area (Å²) in [4.78, 5) is 35.0. The highest BCUT2D eigenvalue weighted by Gasteiger charge is 2.25. The Bertz CT molecular complexity index is 2000. The fraction of sp³-hybridized carbons (Fsp3) is 0.188. The minimum Gasteiger partial charge on any atom is -0.494 e. The molecule has 13 heteroatoms. The van der Waals surface area contributed by atoms with E-state index < -0.39 is 40.8 Å². The Kier molecular flexibility index (Phi) is 8.84. The average molecular weight is 621 g/mol. The lowest BCUT2D eigenvalue weighted by Gasteiger charge is -2.17. The van der Waals surface area contributed by atoms with Gasteiger partial charge in [-0.3, -0.25) is 19.6 Å². The first-order valence-electron chi connectivity index (χ1n) is 13.7. The van der Waals surface area contributed by atoms with E-state index in [9.17, 15) is 18.4 Å². The van der Waals surface area contributed by atoms with Crippen LogP contribution >= 0.6 is 0 Å². The third-order valence-electron chi connectivity index (χ3n) is 7.13. The number of fused-ring (bicyclic) bond motifs is 1. The molecule has 2 heterocycles. The molecule has 2 N–H and O–H groups in total. The lowest BCUT2D eigenvalue weighted by molar-refractivity contribution is 0.119. The average Bonchev–Trinajstić information content (AvgIpc) is 3.36. The maximum atomic E-state index is 15.6. The third-order valence-corrected chi connectivity index (χ3v) is 7.13. The molecule has 5 aromatic rings. The van der Waals surface area contributed by atoms with Gasteiger partial charge in [-0.15, -0.1) is 0 Å². The lowest BCUT2D eigenvalue weighted by atomic mass is 10.0. The molecular weight excluding hydrogens is 589 g/mol. The van der Waals surface area contributed by atoms with Crippen LogP contribution in [0.25, 0.3) is 22.3 Å². The van der Waals surface area contributed by atoms with Crippen molar-refractivity contribution in [1.29, 1.82) is 0 Å². The number of hydroxylamine groups is 1. The van der Waals surface area contributed by atoms with Gasteiger partial charge in [-0.1, -0.05) is 30.8 Å². The van der Waals surface area contributed by atoms with Crippen LogP contribution in [0.1, 0.15) is 11.1 Å². The summed E-state index contributed by atoms with van der Waals surface area (Å²) in [5.41, 5.74) is 2.48. The third kappa shape index (κ3) is 5.95. The number of hydrogen-bond acceptors (Lipinski definition) is 7. The number of methoxy groups -OCH3 is 1. The van der Waals surface area contributed by atoms with E-state index in [0.717, 1.165) is 16.8 Å². The van der Waals surface area contributed by atoms with E-state index >= 15 is 4.39 Å². The van der Waals surface area contributed by atoms with Crippen LogP contribution in [0.15, 0.2) is 88.8 Å². The van der Waals surface area contributed by atoms with E-state index in [1.165, 1.54) is 43.0 Å². The maximum absolute atomic E-state index is 15.6. The molecule has 2 aromatic heterocycles. The van der Waals surface area contributed by atoms with Gasteiger partial charge in [0.2, 0.25) is 0 Å². The molecule has 0 atom stereocenters. The number of aromatic nitrogens is 3. The molecule has 3 aromatic carbocycles. The van der Waals surface area contributed by atoms with E-state index in [-0.39, 0.29) is 23.5 Å². The van der Waals surface area contributed by atoms with Gasteiger partial charge >= 0.3 is 5.69 Å². The number of hydrogen-bond donors (Lipinski definition) is 2. The second-order valence-electron chi connectivity index (χ2n) is 10.4. The van der Waals surface area contributed by atoms with Crippen LogP contribution in [0.5, 0.6) is 5.75 Å². The monoisotopic (exact) mass is 620 g/mol. The summed E-state index contributed by atoms with van der Waals surface area (Å²) in [5.74, 6) is -2.49. The molecule has 234 valence electrons. The van der Waals surface area contributed by atoms with Gasteiger partial charge in [-0.25, -0.2) is 27.2 Å². The smallest absolute Gasteiger partial charge is 0.351 e. The number of nitrogens with one attached hydrogen (secondary N) is 2.